The number of hydrogen-bond donors (Lipinski definition) is 2. The highest BCUT2D eigenvalue weighted by Crippen LogP contribution is 2.26. The van der Waals surface area contributed by atoms with Crippen molar-refractivity contribution in [2.75, 3.05) is 20.6 Å². The van der Waals surface area contributed by atoms with Crippen molar-refractivity contribution in [3.05, 3.63) is 62.4 Å². The van der Waals surface area contributed by atoms with Gasteiger partial charge in [0.15, 0.2) is 0 Å². The molecule has 0 fully saturated rings. The van der Waals surface area contributed by atoms with Gasteiger partial charge in [-0.1, -0.05) is 18.2 Å². The largest absolute Gasteiger partial charge is 0.573 e. The number of carbonyl (C=O) groups is 1. The number of aromatic amines is 1. The van der Waals surface area contributed by atoms with E-state index in [1.165, 1.54) is 18.2 Å². The van der Waals surface area contributed by atoms with Gasteiger partial charge in [-0.2, -0.15) is 0 Å². The molecule has 0 unspecified atom stereocenters. The predicted molar refractivity (Wildman–Crippen MR) is 94.2 cm³/mol. The number of rotatable bonds is 7. The second-order valence-corrected chi connectivity index (χ2v) is 6.12. The second-order valence-electron chi connectivity index (χ2n) is 6.12. The average molecular weight is 400 g/mol. The molecule has 8 nitrogen and oxygen atoms in total. The Morgan fingerprint density at radius 2 is 1.93 bits per heavy atom. The number of nitrogens with zero attached hydrogens (tertiary/aromatic N) is 2. The number of likely N-dealkylation sites (N-methyl/N-ethyl adjacent to an activating group) is 1. The Morgan fingerprint density at radius 1 is 1.25 bits per heavy atom. The maximum atomic E-state index is 12.4. The van der Waals surface area contributed by atoms with Crippen molar-refractivity contribution in [1.82, 2.24) is 19.8 Å². The van der Waals surface area contributed by atoms with E-state index in [0.29, 0.717) is 6.54 Å². The number of benzene rings is 1. The molecule has 0 atom stereocenters. The van der Waals surface area contributed by atoms with Crippen LogP contribution >= 0.6 is 0 Å². The maximum absolute atomic E-state index is 12.4. The highest BCUT2D eigenvalue weighted by Gasteiger charge is 2.32. The predicted octanol–water partition coefficient (Wildman–Crippen LogP) is 0.927. The molecule has 1 heterocycles. The van der Waals surface area contributed by atoms with Crippen molar-refractivity contribution >= 4 is 5.91 Å². The number of carbonyl (C=O) groups excluding carboxylic acids is 1. The fraction of sp³-hybridized carbons (Fsp3) is 0.353. The highest BCUT2D eigenvalue weighted by atomic mass is 19.4. The van der Waals surface area contributed by atoms with Crippen molar-refractivity contribution in [1.29, 1.82) is 0 Å². The van der Waals surface area contributed by atoms with Gasteiger partial charge in [0.1, 0.15) is 11.4 Å². The Balaban J connectivity index is 2.12. The summed E-state index contributed by atoms with van der Waals surface area (Å²) in [6, 6.07) is 6.27. The molecule has 11 heteroatoms. The molecule has 0 spiro atoms. The zero-order valence-electron chi connectivity index (χ0n) is 15.2. The molecule has 0 aliphatic rings. The van der Waals surface area contributed by atoms with E-state index >= 15 is 0 Å². The van der Waals surface area contributed by atoms with Gasteiger partial charge in [-0.05, 0) is 20.2 Å². The summed E-state index contributed by atoms with van der Waals surface area (Å²) < 4.78 is 42.2. The van der Waals surface area contributed by atoms with E-state index in [2.05, 4.69) is 15.0 Å². The number of para-hydroxylation sites is 1. The number of halogens is 3. The van der Waals surface area contributed by atoms with Crippen molar-refractivity contribution in [3.8, 4) is 5.75 Å². The van der Waals surface area contributed by atoms with Gasteiger partial charge in [0.25, 0.3) is 11.5 Å². The lowest BCUT2D eigenvalue weighted by molar-refractivity contribution is -0.274. The molecule has 1 aromatic carbocycles. The maximum Gasteiger partial charge on any atom is 0.573 e. The number of H-pyrrole nitrogens is 1. The molecule has 0 aliphatic heterocycles. The first-order chi connectivity index (χ1) is 13.1. The van der Waals surface area contributed by atoms with Gasteiger partial charge in [0.2, 0.25) is 0 Å². The van der Waals surface area contributed by atoms with Crippen molar-refractivity contribution in [2.45, 2.75) is 19.5 Å². The summed E-state index contributed by atoms with van der Waals surface area (Å²) in [7, 11) is 3.56. The molecular weight excluding hydrogens is 381 g/mol. The van der Waals surface area contributed by atoms with E-state index < -0.39 is 29.3 Å². The highest BCUT2D eigenvalue weighted by molar-refractivity contribution is 5.92. The molecule has 0 radical (unpaired) electrons. The standard InChI is InChI=1S/C17H19F3N4O4/c1-23(2)7-8-24-14(25)9-12(22-16(24)27)15(26)21-10-11-5-3-4-6-13(11)28-17(18,19)20/h3-6,9H,7-8,10H2,1-2H3,(H,21,26)(H,22,27). The van der Waals surface area contributed by atoms with Crippen LogP contribution in [0.4, 0.5) is 13.2 Å². The molecule has 0 bridgehead atoms. The van der Waals surface area contributed by atoms with Gasteiger partial charge in [0.05, 0.1) is 0 Å². The monoisotopic (exact) mass is 400 g/mol. The minimum absolute atomic E-state index is 0.0786. The van der Waals surface area contributed by atoms with Crippen LogP contribution in [0.5, 0.6) is 5.75 Å². The van der Waals surface area contributed by atoms with Gasteiger partial charge in [-0.25, -0.2) is 4.79 Å². The smallest absolute Gasteiger partial charge is 0.405 e. The Bertz CT molecular complexity index is 919. The van der Waals surface area contributed by atoms with E-state index in [1.807, 2.05) is 0 Å². The Morgan fingerprint density at radius 3 is 2.54 bits per heavy atom. The van der Waals surface area contributed by atoms with E-state index in [0.717, 1.165) is 16.7 Å². The summed E-state index contributed by atoms with van der Waals surface area (Å²) in [6.45, 7) is 0.298. The molecular formula is C17H19F3N4O4. The minimum Gasteiger partial charge on any atom is -0.405 e. The fourth-order valence-corrected chi connectivity index (χ4v) is 2.30. The molecule has 152 valence electrons. The summed E-state index contributed by atoms with van der Waals surface area (Å²) in [5, 5.41) is 2.35. The van der Waals surface area contributed by atoms with Crippen LogP contribution in [0.2, 0.25) is 0 Å². The molecule has 2 aromatic rings. The molecule has 1 amide bonds. The van der Waals surface area contributed by atoms with E-state index in [1.54, 1.807) is 19.0 Å². The number of amides is 1. The third-order valence-corrected chi connectivity index (χ3v) is 3.67. The summed E-state index contributed by atoms with van der Waals surface area (Å²) in [6.07, 6.45) is -4.87. The van der Waals surface area contributed by atoms with Gasteiger partial charge in [-0.15, -0.1) is 13.2 Å². The first kappa shape index (κ1) is 21.2. The average Bonchev–Trinajstić information content (AvgIpc) is 2.58. The van der Waals surface area contributed by atoms with Crippen molar-refractivity contribution in [3.63, 3.8) is 0 Å². The van der Waals surface area contributed by atoms with E-state index in [4.69, 9.17) is 0 Å². The van der Waals surface area contributed by atoms with Crippen LogP contribution < -0.4 is 21.3 Å². The van der Waals surface area contributed by atoms with Crippen LogP contribution in [0.1, 0.15) is 16.1 Å². The van der Waals surface area contributed by atoms with Crippen molar-refractivity contribution in [2.24, 2.45) is 0 Å². The van der Waals surface area contributed by atoms with Gasteiger partial charge in [-0.3, -0.25) is 14.2 Å². The van der Waals surface area contributed by atoms with Crippen LogP contribution in [0.15, 0.2) is 39.9 Å². The molecule has 2 rings (SSSR count). The number of alkyl halides is 3. The van der Waals surface area contributed by atoms with Crippen LogP contribution in [0.25, 0.3) is 0 Å². The van der Waals surface area contributed by atoms with Crippen LogP contribution in [0, 0.1) is 0 Å². The quantitative estimate of drug-likeness (QED) is 0.721. The first-order valence-electron chi connectivity index (χ1n) is 8.17. The van der Waals surface area contributed by atoms with Crippen LogP contribution in [0.3, 0.4) is 0 Å². The number of ether oxygens (including phenoxy) is 1. The SMILES string of the molecule is CN(C)CCn1c(=O)cc(C(=O)NCc2ccccc2OC(F)(F)F)[nH]c1=O. The molecule has 2 N–H and O–H groups in total. The number of hydrogen-bond acceptors (Lipinski definition) is 5. The zero-order chi connectivity index (χ0) is 20.9. The lowest BCUT2D eigenvalue weighted by atomic mass is 10.2. The normalized spacial score (nSPS) is 11.5. The van der Waals surface area contributed by atoms with E-state index in [-0.39, 0.29) is 24.3 Å². The molecule has 28 heavy (non-hydrogen) atoms. The lowest BCUT2D eigenvalue weighted by Crippen LogP contribution is -2.40. The summed E-state index contributed by atoms with van der Waals surface area (Å²) in [5.41, 5.74) is -1.61. The van der Waals surface area contributed by atoms with E-state index in [9.17, 15) is 27.6 Å². The Hall–Kier alpha value is -3.08. The van der Waals surface area contributed by atoms with Crippen LogP contribution in [-0.4, -0.2) is 47.4 Å². The van der Waals surface area contributed by atoms with Gasteiger partial charge < -0.3 is 19.9 Å². The topological polar surface area (TPSA) is 96.4 Å². The molecule has 0 saturated heterocycles. The van der Waals surface area contributed by atoms with Crippen LogP contribution in [-0.2, 0) is 13.1 Å². The fourth-order valence-electron chi connectivity index (χ4n) is 2.30. The summed E-state index contributed by atoms with van der Waals surface area (Å²) in [4.78, 5) is 40.4. The minimum atomic E-state index is -4.87. The van der Waals surface area contributed by atoms with Crippen molar-refractivity contribution < 1.29 is 22.7 Å². The first-order valence-corrected chi connectivity index (χ1v) is 8.17. The molecule has 1 aromatic heterocycles. The number of aromatic nitrogens is 2. The lowest BCUT2D eigenvalue weighted by Gasteiger charge is -2.14. The van der Waals surface area contributed by atoms with Gasteiger partial charge in [0, 0.05) is 31.3 Å². The van der Waals surface area contributed by atoms with Gasteiger partial charge >= 0.3 is 12.1 Å². The second kappa shape index (κ2) is 8.74. The number of nitrogens with one attached hydrogen (secondary N) is 2. The Labute approximate surface area is 157 Å². The Kier molecular flexibility index (Phi) is 6.62. The third kappa shape index (κ3) is 5.98. The summed E-state index contributed by atoms with van der Waals surface area (Å²) in [5.74, 6) is -1.27. The molecule has 0 saturated carbocycles. The summed E-state index contributed by atoms with van der Waals surface area (Å²) >= 11 is 0. The molecule has 0 aliphatic carbocycles. The third-order valence-electron chi connectivity index (χ3n) is 3.67. The zero-order valence-corrected chi connectivity index (χ0v) is 15.2.